The van der Waals surface area contributed by atoms with Gasteiger partial charge in [-0.25, -0.2) is 4.39 Å². The van der Waals surface area contributed by atoms with Gasteiger partial charge in [-0.05, 0) is 44.4 Å². The second kappa shape index (κ2) is 8.94. The zero-order valence-electron chi connectivity index (χ0n) is 13.6. The monoisotopic (exact) mass is 305 g/mol. The first-order valence-corrected chi connectivity index (χ1v) is 8.45. The number of hydrogen-bond acceptors (Lipinski definition) is 2. The van der Waals surface area contributed by atoms with Crippen LogP contribution in [0.1, 0.15) is 45.4 Å². The predicted octanol–water partition coefficient (Wildman–Crippen LogP) is 4.95. The first kappa shape index (κ1) is 17.0. The molecule has 1 aromatic rings. The molecule has 0 radical (unpaired) electrons. The molecule has 122 valence electrons. The maximum absolute atomic E-state index is 13.4. The minimum atomic E-state index is -0.197. The summed E-state index contributed by atoms with van der Waals surface area (Å²) >= 11 is 0. The van der Waals surface area contributed by atoms with Crippen LogP contribution in [0.2, 0.25) is 0 Å². The van der Waals surface area contributed by atoms with Crippen LogP contribution in [-0.4, -0.2) is 25.3 Å². The van der Waals surface area contributed by atoms with Gasteiger partial charge in [0.2, 0.25) is 0 Å². The van der Waals surface area contributed by atoms with Gasteiger partial charge in [0.15, 0.2) is 0 Å². The molecule has 1 fully saturated rings. The van der Waals surface area contributed by atoms with E-state index in [1.807, 2.05) is 12.1 Å². The molecule has 1 saturated carbocycles. The molecule has 0 spiro atoms. The molecule has 0 aliphatic heterocycles. The normalized spacial score (nSPS) is 17.2. The lowest BCUT2D eigenvalue weighted by Crippen LogP contribution is -2.34. The SMILES string of the molecule is C=CCN(c1cccc(F)c1)C(C)CCOC1CCCCC1. The first-order chi connectivity index (χ1) is 10.7. The van der Waals surface area contributed by atoms with E-state index in [-0.39, 0.29) is 5.82 Å². The number of hydrogen-bond donors (Lipinski definition) is 0. The molecule has 2 nitrogen and oxygen atoms in total. The Hall–Kier alpha value is -1.35. The molecule has 1 aliphatic rings. The van der Waals surface area contributed by atoms with Gasteiger partial charge >= 0.3 is 0 Å². The Bertz CT molecular complexity index is 457. The van der Waals surface area contributed by atoms with E-state index in [1.54, 1.807) is 12.1 Å². The van der Waals surface area contributed by atoms with Crippen LogP contribution in [0.25, 0.3) is 0 Å². The summed E-state index contributed by atoms with van der Waals surface area (Å²) in [7, 11) is 0. The Morgan fingerprint density at radius 1 is 1.36 bits per heavy atom. The van der Waals surface area contributed by atoms with Crippen molar-refractivity contribution >= 4 is 5.69 Å². The van der Waals surface area contributed by atoms with Crippen LogP contribution < -0.4 is 4.90 Å². The van der Waals surface area contributed by atoms with Crippen molar-refractivity contribution in [1.82, 2.24) is 0 Å². The Balaban J connectivity index is 1.86. The third-order valence-corrected chi connectivity index (χ3v) is 4.44. The summed E-state index contributed by atoms with van der Waals surface area (Å²) in [6.45, 7) is 7.47. The third kappa shape index (κ3) is 5.13. The van der Waals surface area contributed by atoms with Gasteiger partial charge in [-0.15, -0.1) is 6.58 Å². The van der Waals surface area contributed by atoms with Gasteiger partial charge in [-0.2, -0.15) is 0 Å². The van der Waals surface area contributed by atoms with Crippen LogP contribution >= 0.6 is 0 Å². The molecule has 2 rings (SSSR count). The standard InChI is InChI=1S/C19H28FNO/c1-3-13-21(18-9-7-8-17(20)15-18)16(2)12-14-22-19-10-5-4-6-11-19/h3,7-9,15-16,19H,1,4-6,10-14H2,2H3. The molecular weight excluding hydrogens is 277 g/mol. The van der Waals surface area contributed by atoms with Crippen LogP contribution in [-0.2, 0) is 4.74 Å². The Morgan fingerprint density at radius 2 is 2.14 bits per heavy atom. The molecule has 0 heterocycles. The van der Waals surface area contributed by atoms with Crippen molar-refractivity contribution in [1.29, 1.82) is 0 Å². The van der Waals surface area contributed by atoms with Crippen molar-refractivity contribution in [2.75, 3.05) is 18.1 Å². The molecule has 0 bridgehead atoms. The molecule has 1 atom stereocenters. The highest BCUT2D eigenvalue weighted by Gasteiger charge is 2.17. The van der Waals surface area contributed by atoms with Crippen LogP contribution in [0, 0.1) is 5.82 Å². The van der Waals surface area contributed by atoms with Gasteiger partial charge in [-0.3, -0.25) is 0 Å². The molecular formula is C19H28FNO. The van der Waals surface area contributed by atoms with Gasteiger partial charge in [0.05, 0.1) is 6.10 Å². The van der Waals surface area contributed by atoms with Crippen molar-refractivity contribution < 1.29 is 9.13 Å². The molecule has 0 amide bonds. The number of nitrogens with zero attached hydrogens (tertiary/aromatic N) is 1. The fraction of sp³-hybridized carbons (Fsp3) is 0.579. The van der Waals surface area contributed by atoms with Crippen molar-refractivity contribution in [2.45, 2.75) is 57.6 Å². The summed E-state index contributed by atoms with van der Waals surface area (Å²) in [5.41, 5.74) is 0.907. The summed E-state index contributed by atoms with van der Waals surface area (Å²) in [4.78, 5) is 2.18. The molecule has 1 aromatic carbocycles. The Morgan fingerprint density at radius 3 is 2.82 bits per heavy atom. The van der Waals surface area contributed by atoms with Crippen molar-refractivity contribution in [2.24, 2.45) is 0 Å². The lowest BCUT2D eigenvalue weighted by Gasteiger charge is -2.31. The largest absolute Gasteiger partial charge is 0.378 e. The smallest absolute Gasteiger partial charge is 0.125 e. The lowest BCUT2D eigenvalue weighted by molar-refractivity contribution is 0.0252. The molecule has 3 heteroatoms. The van der Waals surface area contributed by atoms with Crippen molar-refractivity contribution in [3.05, 3.63) is 42.7 Å². The highest BCUT2D eigenvalue weighted by atomic mass is 19.1. The van der Waals surface area contributed by atoms with E-state index in [1.165, 1.54) is 38.2 Å². The van der Waals surface area contributed by atoms with E-state index in [0.717, 1.165) is 18.7 Å². The fourth-order valence-corrected chi connectivity index (χ4v) is 3.13. The molecule has 1 aliphatic carbocycles. The van der Waals surface area contributed by atoms with E-state index in [4.69, 9.17) is 4.74 Å². The van der Waals surface area contributed by atoms with E-state index < -0.39 is 0 Å². The number of ether oxygens (including phenoxy) is 1. The summed E-state index contributed by atoms with van der Waals surface area (Å²) < 4.78 is 19.5. The topological polar surface area (TPSA) is 12.5 Å². The van der Waals surface area contributed by atoms with Crippen LogP contribution in [0.4, 0.5) is 10.1 Å². The number of halogens is 1. The van der Waals surface area contributed by atoms with E-state index >= 15 is 0 Å². The molecule has 1 unspecified atom stereocenters. The Kier molecular flexibility index (Phi) is 6.91. The summed E-state index contributed by atoms with van der Waals surface area (Å²) in [5.74, 6) is -0.197. The zero-order valence-corrected chi connectivity index (χ0v) is 13.6. The van der Waals surface area contributed by atoms with E-state index in [2.05, 4.69) is 18.4 Å². The third-order valence-electron chi connectivity index (χ3n) is 4.44. The highest BCUT2D eigenvalue weighted by molar-refractivity contribution is 5.48. The second-order valence-corrected chi connectivity index (χ2v) is 6.19. The minimum Gasteiger partial charge on any atom is -0.378 e. The average Bonchev–Trinajstić information content (AvgIpc) is 2.53. The van der Waals surface area contributed by atoms with Gasteiger partial charge in [0, 0.05) is 24.9 Å². The maximum atomic E-state index is 13.4. The molecule has 22 heavy (non-hydrogen) atoms. The van der Waals surface area contributed by atoms with E-state index in [0.29, 0.717) is 18.7 Å². The molecule has 0 saturated heterocycles. The second-order valence-electron chi connectivity index (χ2n) is 6.19. The van der Waals surface area contributed by atoms with Crippen LogP contribution in [0.5, 0.6) is 0 Å². The van der Waals surface area contributed by atoms with Crippen LogP contribution in [0.15, 0.2) is 36.9 Å². The summed E-state index contributed by atoms with van der Waals surface area (Å²) in [6.07, 6.45) is 9.61. The van der Waals surface area contributed by atoms with Crippen LogP contribution in [0.3, 0.4) is 0 Å². The van der Waals surface area contributed by atoms with Gasteiger partial charge in [0.1, 0.15) is 5.82 Å². The van der Waals surface area contributed by atoms with E-state index in [9.17, 15) is 4.39 Å². The highest BCUT2D eigenvalue weighted by Crippen LogP contribution is 2.22. The predicted molar refractivity (Wildman–Crippen MR) is 90.8 cm³/mol. The average molecular weight is 305 g/mol. The van der Waals surface area contributed by atoms with Gasteiger partial charge < -0.3 is 9.64 Å². The molecule has 0 N–H and O–H groups in total. The van der Waals surface area contributed by atoms with Crippen molar-refractivity contribution in [3.8, 4) is 0 Å². The number of benzene rings is 1. The minimum absolute atomic E-state index is 0.197. The van der Waals surface area contributed by atoms with Gasteiger partial charge in [0.25, 0.3) is 0 Å². The Labute approximate surface area is 134 Å². The fourth-order valence-electron chi connectivity index (χ4n) is 3.13. The number of rotatable bonds is 8. The number of anilines is 1. The maximum Gasteiger partial charge on any atom is 0.125 e. The lowest BCUT2D eigenvalue weighted by atomic mass is 9.98. The summed E-state index contributed by atoms with van der Waals surface area (Å²) in [6, 6.07) is 7.06. The summed E-state index contributed by atoms with van der Waals surface area (Å²) in [5, 5.41) is 0. The molecule has 0 aromatic heterocycles. The first-order valence-electron chi connectivity index (χ1n) is 8.45. The zero-order chi connectivity index (χ0) is 15.8. The quantitative estimate of drug-likeness (QED) is 0.630. The van der Waals surface area contributed by atoms with Crippen molar-refractivity contribution in [3.63, 3.8) is 0 Å². The van der Waals surface area contributed by atoms with Gasteiger partial charge in [-0.1, -0.05) is 31.4 Å².